The Hall–Kier alpha value is -1.04. The highest BCUT2D eigenvalue weighted by atomic mass is 14.1. The third-order valence-corrected chi connectivity index (χ3v) is 4.27. The molecule has 1 aromatic rings. The van der Waals surface area contributed by atoms with E-state index in [4.69, 9.17) is 0 Å². The second kappa shape index (κ2) is 8.19. The molecule has 0 aliphatic carbocycles. The van der Waals surface area contributed by atoms with Crippen molar-refractivity contribution in [2.24, 2.45) is 5.92 Å². The van der Waals surface area contributed by atoms with Crippen molar-refractivity contribution in [2.75, 3.05) is 0 Å². The van der Waals surface area contributed by atoms with Crippen LogP contribution in [-0.2, 0) is 6.42 Å². The molecule has 0 heterocycles. The number of aryl methyl sites for hydroxylation is 1. The van der Waals surface area contributed by atoms with E-state index in [-0.39, 0.29) is 0 Å². The van der Waals surface area contributed by atoms with Crippen molar-refractivity contribution in [3.8, 4) is 0 Å². The van der Waals surface area contributed by atoms with Gasteiger partial charge in [-0.15, -0.1) is 6.58 Å². The Morgan fingerprint density at radius 3 is 2.58 bits per heavy atom. The molecule has 1 rings (SSSR count). The summed E-state index contributed by atoms with van der Waals surface area (Å²) < 4.78 is 0. The van der Waals surface area contributed by atoms with Crippen molar-refractivity contribution in [3.63, 3.8) is 0 Å². The fraction of sp³-hybridized carbons (Fsp3) is 0.579. The quantitative estimate of drug-likeness (QED) is 0.396. The lowest BCUT2D eigenvalue weighted by molar-refractivity contribution is 0.443. The first-order valence-electron chi connectivity index (χ1n) is 7.74. The van der Waals surface area contributed by atoms with Gasteiger partial charge in [-0.2, -0.15) is 0 Å². The van der Waals surface area contributed by atoms with Crippen molar-refractivity contribution in [1.29, 1.82) is 0 Å². The van der Waals surface area contributed by atoms with Gasteiger partial charge in [0.15, 0.2) is 0 Å². The Kier molecular flexibility index (Phi) is 6.91. The second-order valence-electron chi connectivity index (χ2n) is 6.04. The van der Waals surface area contributed by atoms with Crippen LogP contribution in [-0.4, -0.2) is 0 Å². The Bertz CT molecular complexity index is 400. The van der Waals surface area contributed by atoms with Crippen LogP contribution < -0.4 is 0 Å². The summed E-state index contributed by atoms with van der Waals surface area (Å²) in [4.78, 5) is 0. The summed E-state index contributed by atoms with van der Waals surface area (Å²) >= 11 is 0. The predicted molar refractivity (Wildman–Crippen MR) is 86.7 cm³/mol. The van der Waals surface area contributed by atoms with E-state index in [0.29, 0.717) is 0 Å². The van der Waals surface area contributed by atoms with Gasteiger partial charge in [-0.3, -0.25) is 0 Å². The molecule has 0 nitrogen and oxygen atoms in total. The van der Waals surface area contributed by atoms with Gasteiger partial charge < -0.3 is 0 Å². The van der Waals surface area contributed by atoms with Gasteiger partial charge in [0.1, 0.15) is 0 Å². The molecule has 0 aliphatic heterocycles. The molecule has 1 unspecified atom stereocenters. The molecule has 106 valence electrons. The maximum atomic E-state index is 3.98. The highest BCUT2D eigenvalue weighted by Crippen LogP contribution is 2.23. The van der Waals surface area contributed by atoms with Crippen molar-refractivity contribution in [2.45, 2.75) is 66.2 Å². The standard InChI is InChI=1S/C19H30/c1-6-18(12-8-7-10-15(2)3)14-19-13-9-11-16(4)17(19)5/h9,11,13,18H,2,6-8,10,12,14H2,1,3-5H3. The normalized spacial score (nSPS) is 12.4. The molecule has 0 heteroatoms. The molecule has 0 radical (unpaired) electrons. The lowest BCUT2D eigenvalue weighted by atomic mass is 9.88. The topological polar surface area (TPSA) is 0 Å². The van der Waals surface area contributed by atoms with Gasteiger partial charge in [0.25, 0.3) is 0 Å². The molecular weight excluding hydrogens is 228 g/mol. The molecule has 1 atom stereocenters. The van der Waals surface area contributed by atoms with Gasteiger partial charge in [-0.1, -0.05) is 50.0 Å². The van der Waals surface area contributed by atoms with Crippen molar-refractivity contribution in [3.05, 3.63) is 47.0 Å². The van der Waals surface area contributed by atoms with Crippen molar-refractivity contribution in [1.82, 2.24) is 0 Å². The number of hydrogen-bond donors (Lipinski definition) is 0. The second-order valence-corrected chi connectivity index (χ2v) is 6.04. The van der Waals surface area contributed by atoms with Crippen LogP contribution in [0.5, 0.6) is 0 Å². The van der Waals surface area contributed by atoms with Crippen LogP contribution in [0.4, 0.5) is 0 Å². The van der Waals surface area contributed by atoms with Gasteiger partial charge in [0, 0.05) is 0 Å². The third kappa shape index (κ3) is 5.63. The Morgan fingerprint density at radius 2 is 1.95 bits per heavy atom. The molecule has 0 bridgehead atoms. The average molecular weight is 258 g/mol. The van der Waals surface area contributed by atoms with E-state index >= 15 is 0 Å². The van der Waals surface area contributed by atoms with Crippen LogP contribution in [0.1, 0.15) is 62.6 Å². The highest BCUT2D eigenvalue weighted by Gasteiger charge is 2.09. The maximum absolute atomic E-state index is 3.98. The zero-order valence-corrected chi connectivity index (χ0v) is 13.3. The summed E-state index contributed by atoms with van der Waals surface area (Å²) in [7, 11) is 0. The first-order valence-corrected chi connectivity index (χ1v) is 7.74. The van der Waals surface area contributed by atoms with E-state index in [9.17, 15) is 0 Å². The zero-order valence-electron chi connectivity index (χ0n) is 13.3. The number of allylic oxidation sites excluding steroid dienone is 1. The van der Waals surface area contributed by atoms with E-state index in [0.717, 1.165) is 5.92 Å². The smallest absolute Gasteiger partial charge is 0.0248 e. The Labute approximate surface area is 119 Å². The fourth-order valence-electron chi connectivity index (χ4n) is 2.65. The first kappa shape index (κ1) is 16.0. The number of rotatable bonds is 8. The molecule has 0 amide bonds. The minimum Gasteiger partial charge on any atom is -0.100 e. The molecule has 0 saturated heterocycles. The minimum atomic E-state index is 0.839. The van der Waals surface area contributed by atoms with Gasteiger partial charge in [-0.05, 0) is 62.6 Å². The molecule has 0 aliphatic rings. The molecular formula is C19H30. The fourth-order valence-corrected chi connectivity index (χ4v) is 2.65. The van der Waals surface area contributed by atoms with Crippen LogP contribution in [0, 0.1) is 19.8 Å². The van der Waals surface area contributed by atoms with Gasteiger partial charge in [0.05, 0.1) is 0 Å². The molecule has 1 aromatic carbocycles. The minimum absolute atomic E-state index is 0.839. The van der Waals surface area contributed by atoms with E-state index in [1.165, 1.54) is 55.2 Å². The molecule has 0 fully saturated rings. The predicted octanol–water partition coefficient (Wildman–Crippen LogP) is 6.01. The van der Waals surface area contributed by atoms with E-state index in [1.807, 2.05) is 0 Å². The zero-order chi connectivity index (χ0) is 14.3. The maximum Gasteiger partial charge on any atom is -0.0248 e. The molecule has 0 aromatic heterocycles. The van der Waals surface area contributed by atoms with Gasteiger partial charge in [-0.25, -0.2) is 0 Å². The summed E-state index contributed by atoms with van der Waals surface area (Å²) in [6.45, 7) is 12.9. The summed E-state index contributed by atoms with van der Waals surface area (Å²) in [6.07, 6.45) is 7.74. The highest BCUT2D eigenvalue weighted by molar-refractivity contribution is 5.33. The average Bonchev–Trinajstić information content (AvgIpc) is 2.37. The third-order valence-electron chi connectivity index (χ3n) is 4.27. The van der Waals surface area contributed by atoms with Crippen LogP contribution in [0.3, 0.4) is 0 Å². The van der Waals surface area contributed by atoms with Crippen molar-refractivity contribution >= 4 is 0 Å². The van der Waals surface area contributed by atoms with Gasteiger partial charge in [0.2, 0.25) is 0 Å². The van der Waals surface area contributed by atoms with E-state index < -0.39 is 0 Å². The summed E-state index contributed by atoms with van der Waals surface area (Å²) in [5, 5.41) is 0. The lowest BCUT2D eigenvalue weighted by Gasteiger charge is -2.17. The van der Waals surface area contributed by atoms with Crippen LogP contribution in [0.2, 0.25) is 0 Å². The van der Waals surface area contributed by atoms with Crippen LogP contribution in [0.15, 0.2) is 30.4 Å². The number of benzene rings is 1. The molecule has 0 spiro atoms. The van der Waals surface area contributed by atoms with Crippen LogP contribution >= 0.6 is 0 Å². The first-order chi connectivity index (χ1) is 9.04. The van der Waals surface area contributed by atoms with E-state index in [1.54, 1.807) is 5.56 Å². The number of unbranched alkanes of at least 4 members (excludes halogenated alkanes) is 1. The Balaban J connectivity index is 2.47. The lowest BCUT2D eigenvalue weighted by Crippen LogP contribution is -2.05. The summed E-state index contributed by atoms with van der Waals surface area (Å²) in [5.74, 6) is 0.839. The summed E-state index contributed by atoms with van der Waals surface area (Å²) in [5.41, 5.74) is 5.78. The van der Waals surface area contributed by atoms with Crippen LogP contribution in [0.25, 0.3) is 0 Å². The largest absolute Gasteiger partial charge is 0.100 e. The van der Waals surface area contributed by atoms with Crippen molar-refractivity contribution < 1.29 is 0 Å². The van der Waals surface area contributed by atoms with Gasteiger partial charge >= 0.3 is 0 Å². The molecule has 0 N–H and O–H groups in total. The summed E-state index contributed by atoms with van der Waals surface area (Å²) in [6, 6.07) is 6.72. The SMILES string of the molecule is C=C(C)CCCCC(CC)Cc1cccc(C)c1C. The number of hydrogen-bond acceptors (Lipinski definition) is 0. The van der Waals surface area contributed by atoms with E-state index in [2.05, 4.69) is 52.5 Å². The molecule has 0 saturated carbocycles. The molecule has 19 heavy (non-hydrogen) atoms. The Morgan fingerprint density at radius 1 is 1.21 bits per heavy atom. The monoisotopic (exact) mass is 258 g/mol.